The lowest BCUT2D eigenvalue weighted by Gasteiger charge is -2.28. The number of nitrogens with zero attached hydrogens (tertiary/aromatic N) is 3. The van der Waals surface area contributed by atoms with Crippen LogP contribution in [0, 0.1) is 13.8 Å². The van der Waals surface area contributed by atoms with E-state index in [-0.39, 0.29) is 0 Å². The van der Waals surface area contributed by atoms with Gasteiger partial charge < -0.3 is 9.15 Å². The normalized spacial score (nSPS) is 14.9. The molecule has 2 aliphatic rings. The fourth-order valence-corrected chi connectivity index (χ4v) is 3.63. The number of furan rings is 1. The van der Waals surface area contributed by atoms with E-state index in [2.05, 4.69) is 52.4 Å². The van der Waals surface area contributed by atoms with Crippen LogP contribution in [-0.4, -0.2) is 6.61 Å². The minimum Gasteiger partial charge on any atom is -0.491 e. The highest BCUT2D eigenvalue weighted by Gasteiger charge is 2.29. The van der Waals surface area contributed by atoms with Crippen LogP contribution in [0.5, 0.6) is 5.75 Å². The third-order valence-electron chi connectivity index (χ3n) is 4.81. The second-order valence-electron chi connectivity index (χ2n) is 6.79. The molecule has 2 aliphatic heterocycles. The molecule has 0 fully saturated rings. The SMILES string of the molecule is Cc1ccc2c(c1)N=Nc1cc(C)oc1N2c1cccc2c1OCCC2. The molecule has 5 nitrogen and oxygen atoms in total. The summed E-state index contributed by atoms with van der Waals surface area (Å²) in [6, 6.07) is 14.4. The number of rotatable bonds is 1. The van der Waals surface area contributed by atoms with Gasteiger partial charge in [0, 0.05) is 6.07 Å². The van der Waals surface area contributed by atoms with E-state index in [0.29, 0.717) is 5.88 Å². The van der Waals surface area contributed by atoms with Crippen molar-refractivity contribution in [1.82, 2.24) is 0 Å². The molecule has 0 radical (unpaired) electrons. The molecule has 0 saturated heterocycles. The standard InChI is InChI=1S/C21H19N3O2/c1-13-8-9-18-16(11-13)22-23-17-12-14(2)26-21(17)24(18)19-7-3-5-15-6-4-10-25-20(15)19/h3,5,7-9,11-12H,4,6,10H2,1-2H3. The highest BCUT2D eigenvalue weighted by molar-refractivity contribution is 5.89. The van der Waals surface area contributed by atoms with Crippen LogP contribution in [0.2, 0.25) is 0 Å². The first kappa shape index (κ1) is 15.2. The quantitative estimate of drug-likeness (QED) is 0.400. The molecule has 0 aliphatic carbocycles. The van der Waals surface area contributed by atoms with Crippen LogP contribution in [-0.2, 0) is 6.42 Å². The third-order valence-corrected chi connectivity index (χ3v) is 4.81. The van der Waals surface area contributed by atoms with Crippen LogP contribution in [0.15, 0.2) is 57.1 Å². The van der Waals surface area contributed by atoms with Crippen LogP contribution >= 0.6 is 0 Å². The third kappa shape index (κ3) is 2.31. The maximum Gasteiger partial charge on any atom is 0.232 e. The van der Waals surface area contributed by atoms with E-state index < -0.39 is 0 Å². The summed E-state index contributed by atoms with van der Waals surface area (Å²) in [5, 5.41) is 8.90. The maximum absolute atomic E-state index is 6.06. The molecule has 0 bridgehead atoms. The molecule has 0 unspecified atom stereocenters. The zero-order valence-electron chi connectivity index (χ0n) is 14.8. The predicted molar refractivity (Wildman–Crippen MR) is 101 cm³/mol. The number of fused-ring (bicyclic) bond motifs is 3. The molecule has 130 valence electrons. The molecule has 0 spiro atoms. The van der Waals surface area contributed by atoms with Crippen molar-refractivity contribution in [3.63, 3.8) is 0 Å². The molecule has 5 heteroatoms. The lowest BCUT2D eigenvalue weighted by Crippen LogP contribution is -2.15. The Morgan fingerprint density at radius 2 is 1.85 bits per heavy atom. The second kappa shape index (κ2) is 5.73. The summed E-state index contributed by atoms with van der Waals surface area (Å²) in [4.78, 5) is 2.08. The van der Waals surface area contributed by atoms with Gasteiger partial charge in [-0.2, -0.15) is 0 Å². The van der Waals surface area contributed by atoms with E-state index in [4.69, 9.17) is 9.15 Å². The molecule has 0 atom stereocenters. The number of para-hydroxylation sites is 1. The zero-order valence-corrected chi connectivity index (χ0v) is 14.8. The van der Waals surface area contributed by atoms with E-state index in [1.54, 1.807) is 0 Å². The molecule has 3 aromatic rings. The van der Waals surface area contributed by atoms with Crippen molar-refractivity contribution in [2.24, 2.45) is 10.2 Å². The smallest absolute Gasteiger partial charge is 0.232 e. The largest absolute Gasteiger partial charge is 0.491 e. The Balaban J connectivity index is 1.80. The highest BCUT2D eigenvalue weighted by Crippen LogP contribution is 2.51. The number of hydrogen-bond acceptors (Lipinski definition) is 5. The molecular formula is C21H19N3O2. The monoisotopic (exact) mass is 345 g/mol. The lowest BCUT2D eigenvalue weighted by atomic mass is 10.0. The van der Waals surface area contributed by atoms with Gasteiger partial charge in [-0.3, -0.25) is 4.90 Å². The molecule has 26 heavy (non-hydrogen) atoms. The Hall–Kier alpha value is -3.08. The molecule has 0 saturated carbocycles. The van der Waals surface area contributed by atoms with Gasteiger partial charge in [-0.1, -0.05) is 18.2 Å². The van der Waals surface area contributed by atoms with Crippen LogP contribution in [0.4, 0.5) is 28.6 Å². The Morgan fingerprint density at radius 1 is 0.962 bits per heavy atom. The van der Waals surface area contributed by atoms with Crippen molar-refractivity contribution in [3.8, 4) is 5.75 Å². The molecule has 5 rings (SSSR count). The maximum atomic E-state index is 6.06. The zero-order chi connectivity index (χ0) is 17.7. The first-order valence-corrected chi connectivity index (χ1v) is 8.88. The summed E-state index contributed by atoms with van der Waals surface area (Å²) in [6.07, 6.45) is 2.07. The van der Waals surface area contributed by atoms with E-state index >= 15 is 0 Å². The van der Waals surface area contributed by atoms with Crippen molar-refractivity contribution in [2.45, 2.75) is 26.7 Å². The van der Waals surface area contributed by atoms with Crippen molar-refractivity contribution in [3.05, 3.63) is 59.4 Å². The second-order valence-corrected chi connectivity index (χ2v) is 6.79. The molecule has 1 aromatic heterocycles. The Kier molecular flexibility index (Phi) is 3.35. The Labute approximate surface area is 151 Å². The number of azo groups is 1. The Bertz CT molecular complexity index is 1040. The van der Waals surface area contributed by atoms with Gasteiger partial charge in [0.2, 0.25) is 5.88 Å². The molecular weight excluding hydrogens is 326 g/mol. The summed E-state index contributed by atoms with van der Waals surface area (Å²) in [5.74, 6) is 2.41. The minimum absolute atomic E-state index is 0.677. The van der Waals surface area contributed by atoms with E-state index in [1.165, 1.54) is 5.56 Å². The van der Waals surface area contributed by atoms with Crippen LogP contribution < -0.4 is 9.64 Å². The van der Waals surface area contributed by atoms with Gasteiger partial charge >= 0.3 is 0 Å². The first-order valence-electron chi connectivity index (χ1n) is 8.88. The van der Waals surface area contributed by atoms with E-state index in [1.807, 2.05) is 19.1 Å². The van der Waals surface area contributed by atoms with E-state index in [9.17, 15) is 0 Å². The average molecular weight is 345 g/mol. The van der Waals surface area contributed by atoms with Gasteiger partial charge in [0.15, 0.2) is 0 Å². The highest BCUT2D eigenvalue weighted by atomic mass is 16.5. The number of benzene rings is 2. The van der Waals surface area contributed by atoms with E-state index in [0.717, 1.165) is 59.3 Å². The predicted octanol–water partition coefficient (Wildman–Crippen LogP) is 6.42. The van der Waals surface area contributed by atoms with Gasteiger partial charge in [0.1, 0.15) is 22.9 Å². The summed E-state index contributed by atoms with van der Waals surface area (Å²) in [6.45, 7) is 4.72. The number of hydrogen-bond donors (Lipinski definition) is 0. The number of aryl methyl sites for hydroxylation is 3. The van der Waals surface area contributed by atoms with Crippen LogP contribution in [0.25, 0.3) is 0 Å². The summed E-state index contributed by atoms with van der Waals surface area (Å²) in [5.41, 5.74) is 5.83. The average Bonchev–Trinajstić information content (AvgIpc) is 2.95. The van der Waals surface area contributed by atoms with Gasteiger partial charge in [0.05, 0.1) is 18.0 Å². The summed E-state index contributed by atoms with van der Waals surface area (Å²) >= 11 is 0. The van der Waals surface area contributed by atoms with Crippen molar-refractivity contribution >= 4 is 28.6 Å². The summed E-state index contributed by atoms with van der Waals surface area (Å²) < 4.78 is 12.1. The topological polar surface area (TPSA) is 50.3 Å². The van der Waals surface area contributed by atoms with Gasteiger partial charge in [-0.25, -0.2) is 0 Å². The van der Waals surface area contributed by atoms with Gasteiger partial charge in [-0.05, 0) is 56.0 Å². The van der Waals surface area contributed by atoms with Crippen molar-refractivity contribution in [2.75, 3.05) is 11.5 Å². The number of anilines is 3. The van der Waals surface area contributed by atoms with Crippen LogP contribution in [0.3, 0.4) is 0 Å². The van der Waals surface area contributed by atoms with Gasteiger partial charge in [-0.15, -0.1) is 10.2 Å². The molecule has 0 amide bonds. The first-order chi connectivity index (χ1) is 12.7. The van der Waals surface area contributed by atoms with Crippen molar-refractivity contribution in [1.29, 1.82) is 0 Å². The van der Waals surface area contributed by atoms with Crippen LogP contribution in [0.1, 0.15) is 23.3 Å². The fourth-order valence-electron chi connectivity index (χ4n) is 3.63. The Morgan fingerprint density at radius 3 is 2.77 bits per heavy atom. The summed E-state index contributed by atoms with van der Waals surface area (Å²) in [7, 11) is 0. The molecule has 2 aromatic carbocycles. The minimum atomic E-state index is 0.677. The number of ether oxygens (including phenoxy) is 1. The molecule has 0 N–H and O–H groups in total. The lowest BCUT2D eigenvalue weighted by molar-refractivity contribution is 0.289. The fraction of sp³-hybridized carbons (Fsp3) is 0.238. The van der Waals surface area contributed by atoms with Crippen molar-refractivity contribution < 1.29 is 9.15 Å². The van der Waals surface area contributed by atoms with Gasteiger partial charge in [0.25, 0.3) is 0 Å². The molecule has 3 heterocycles.